The minimum absolute atomic E-state index is 0.111. The number of nitrogens with zero attached hydrogens (tertiary/aromatic N) is 2. The maximum absolute atomic E-state index is 13.4. The van der Waals surface area contributed by atoms with Crippen molar-refractivity contribution in [1.82, 2.24) is 9.80 Å². The summed E-state index contributed by atoms with van der Waals surface area (Å²) in [6.45, 7) is 8.00. The Morgan fingerprint density at radius 3 is 2.08 bits per heavy atom. The van der Waals surface area contributed by atoms with Crippen LogP contribution in [0.3, 0.4) is 0 Å². The summed E-state index contributed by atoms with van der Waals surface area (Å²) in [5.74, 6) is -0.990. The summed E-state index contributed by atoms with van der Waals surface area (Å²) in [5.41, 5.74) is 4.73. The Kier molecular flexibility index (Phi) is 8.44. The highest BCUT2D eigenvalue weighted by atomic mass is 16.6. The van der Waals surface area contributed by atoms with Crippen molar-refractivity contribution in [2.24, 2.45) is 11.3 Å². The summed E-state index contributed by atoms with van der Waals surface area (Å²) in [4.78, 5) is 41.0. The van der Waals surface area contributed by atoms with Gasteiger partial charge in [0.1, 0.15) is 12.6 Å². The fourth-order valence-electron chi connectivity index (χ4n) is 5.67. The molecule has 2 amide bonds. The summed E-state index contributed by atoms with van der Waals surface area (Å²) in [6, 6.07) is 15.0. The number of hydrogen-bond donors (Lipinski definition) is 1. The van der Waals surface area contributed by atoms with E-state index in [4.69, 9.17) is 4.74 Å². The van der Waals surface area contributed by atoms with Crippen LogP contribution in [0.4, 0.5) is 4.79 Å². The Bertz CT molecular complexity index is 1120. The Balaban J connectivity index is 1.39. The third kappa shape index (κ3) is 6.37. The smallest absolute Gasteiger partial charge is 0.410 e. The van der Waals surface area contributed by atoms with Gasteiger partial charge in [0.25, 0.3) is 0 Å². The molecule has 7 heteroatoms. The van der Waals surface area contributed by atoms with Crippen LogP contribution in [0.1, 0.15) is 69.9 Å². The molecular formula is C31H40N2O5. The molecular weight excluding hydrogens is 480 g/mol. The summed E-state index contributed by atoms with van der Waals surface area (Å²) in [6.07, 6.45) is 2.92. The standard InChI is InChI=1S/C31H40N2O5/c1-31(2,3)16-13-21-14-17-33(18-15-21)29(36)27(19-28(34)35)32(4)30(37)38-20-26-24-11-7-5-9-22(24)23-10-6-8-12-25(23)26/h5-12,21,26-27H,13-20H2,1-4H3,(H,34,35)/t27-/m0/s1. The van der Waals surface area contributed by atoms with Gasteiger partial charge < -0.3 is 14.7 Å². The first kappa shape index (κ1) is 27.7. The van der Waals surface area contributed by atoms with Crippen LogP contribution in [0.15, 0.2) is 48.5 Å². The lowest BCUT2D eigenvalue weighted by Gasteiger charge is -2.36. The number of carboxylic acid groups (broad SMARTS) is 1. The van der Waals surface area contributed by atoms with Gasteiger partial charge in [0.05, 0.1) is 6.42 Å². The quantitative estimate of drug-likeness (QED) is 0.477. The minimum Gasteiger partial charge on any atom is -0.481 e. The summed E-state index contributed by atoms with van der Waals surface area (Å²) >= 11 is 0. The van der Waals surface area contributed by atoms with E-state index in [1.54, 1.807) is 4.90 Å². The second kappa shape index (κ2) is 11.6. The lowest BCUT2D eigenvalue weighted by molar-refractivity contribution is -0.145. The van der Waals surface area contributed by atoms with E-state index in [0.29, 0.717) is 19.0 Å². The predicted molar refractivity (Wildman–Crippen MR) is 147 cm³/mol. The van der Waals surface area contributed by atoms with Crippen molar-refractivity contribution in [1.29, 1.82) is 0 Å². The SMILES string of the molecule is CN(C(=O)OCC1c2ccccc2-c2ccccc21)[C@@H](CC(=O)O)C(=O)N1CCC(CCC(C)(C)C)CC1. The van der Waals surface area contributed by atoms with E-state index in [2.05, 4.69) is 32.9 Å². The molecule has 204 valence electrons. The van der Waals surface area contributed by atoms with Gasteiger partial charge in [0.2, 0.25) is 5.91 Å². The molecule has 1 atom stereocenters. The molecule has 0 spiro atoms. The lowest BCUT2D eigenvalue weighted by atomic mass is 9.83. The zero-order chi connectivity index (χ0) is 27.4. The number of piperidine rings is 1. The number of likely N-dealkylation sites (tertiary alicyclic amines) is 1. The van der Waals surface area contributed by atoms with Gasteiger partial charge in [-0.2, -0.15) is 0 Å². The summed E-state index contributed by atoms with van der Waals surface area (Å²) < 4.78 is 5.71. The lowest BCUT2D eigenvalue weighted by Crippen LogP contribution is -2.52. The number of likely N-dealkylation sites (N-methyl/N-ethyl adjacent to an activating group) is 1. The molecule has 0 unspecified atom stereocenters. The molecule has 1 fully saturated rings. The minimum atomic E-state index is -1.12. The van der Waals surface area contributed by atoms with Crippen molar-refractivity contribution in [3.05, 3.63) is 59.7 Å². The van der Waals surface area contributed by atoms with E-state index in [1.165, 1.54) is 7.05 Å². The largest absolute Gasteiger partial charge is 0.481 e. The maximum Gasteiger partial charge on any atom is 0.410 e. The van der Waals surface area contributed by atoms with E-state index >= 15 is 0 Å². The molecule has 2 aromatic carbocycles. The highest BCUT2D eigenvalue weighted by Crippen LogP contribution is 2.44. The average molecular weight is 521 g/mol. The van der Waals surface area contributed by atoms with Crippen LogP contribution < -0.4 is 0 Å². The maximum atomic E-state index is 13.4. The molecule has 4 rings (SSSR count). The first-order valence-corrected chi connectivity index (χ1v) is 13.6. The second-order valence-corrected chi connectivity index (χ2v) is 11.9. The molecule has 0 saturated carbocycles. The number of carbonyl (C=O) groups is 3. The van der Waals surface area contributed by atoms with Crippen molar-refractivity contribution >= 4 is 18.0 Å². The monoisotopic (exact) mass is 520 g/mol. The zero-order valence-electron chi connectivity index (χ0n) is 23.0. The Morgan fingerprint density at radius 1 is 1.00 bits per heavy atom. The van der Waals surface area contributed by atoms with Crippen LogP contribution >= 0.6 is 0 Å². The van der Waals surface area contributed by atoms with Crippen LogP contribution in [0.2, 0.25) is 0 Å². The van der Waals surface area contributed by atoms with E-state index in [0.717, 1.165) is 52.8 Å². The summed E-state index contributed by atoms with van der Waals surface area (Å²) in [5, 5.41) is 9.52. The molecule has 0 bridgehead atoms. The number of benzene rings is 2. The highest BCUT2D eigenvalue weighted by molar-refractivity contribution is 5.89. The average Bonchev–Trinajstić information content (AvgIpc) is 3.22. The van der Waals surface area contributed by atoms with Gasteiger partial charge in [0, 0.05) is 26.1 Å². The molecule has 1 saturated heterocycles. The number of aliphatic carboxylic acids is 1. The van der Waals surface area contributed by atoms with Crippen molar-refractivity contribution in [2.75, 3.05) is 26.7 Å². The van der Waals surface area contributed by atoms with Gasteiger partial charge in [0.15, 0.2) is 0 Å². The molecule has 1 heterocycles. The van der Waals surface area contributed by atoms with Crippen molar-refractivity contribution in [3.63, 3.8) is 0 Å². The number of ether oxygens (including phenoxy) is 1. The fourth-order valence-corrected chi connectivity index (χ4v) is 5.67. The Labute approximate surface area is 225 Å². The first-order chi connectivity index (χ1) is 18.0. The topological polar surface area (TPSA) is 87.1 Å². The van der Waals surface area contributed by atoms with E-state index in [9.17, 15) is 19.5 Å². The number of hydrogen-bond acceptors (Lipinski definition) is 4. The molecule has 0 radical (unpaired) electrons. The van der Waals surface area contributed by atoms with Gasteiger partial charge >= 0.3 is 12.1 Å². The molecule has 7 nitrogen and oxygen atoms in total. The Hall–Kier alpha value is -3.35. The molecule has 1 aliphatic carbocycles. The van der Waals surface area contributed by atoms with E-state index in [1.807, 2.05) is 36.4 Å². The molecule has 2 aromatic rings. The second-order valence-electron chi connectivity index (χ2n) is 11.9. The van der Waals surface area contributed by atoms with Crippen molar-refractivity contribution in [3.8, 4) is 11.1 Å². The van der Waals surface area contributed by atoms with Gasteiger partial charge in [-0.3, -0.25) is 14.5 Å². The van der Waals surface area contributed by atoms with Gasteiger partial charge in [-0.1, -0.05) is 69.3 Å². The van der Waals surface area contributed by atoms with Crippen LogP contribution in [-0.2, 0) is 14.3 Å². The van der Waals surface area contributed by atoms with Gasteiger partial charge in [-0.25, -0.2) is 4.79 Å². The molecule has 1 N–H and O–H groups in total. The normalized spacial score (nSPS) is 16.5. The van der Waals surface area contributed by atoms with E-state index < -0.39 is 24.5 Å². The molecule has 2 aliphatic rings. The number of fused-ring (bicyclic) bond motifs is 3. The third-order valence-electron chi connectivity index (χ3n) is 7.97. The third-order valence-corrected chi connectivity index (χ3v) is 7.97. The van der Waals surface area contributed by atoms with Gasteiger partial charge in [-0.15, -0.1) is 0 Å². The number of carboxylic acids is 1. The fraction of sp³-hybridized carbons (Fsp3) is 0.516. The number of amides is 2. The van der Waals surface area contributed by atoms with Crippen LogP contribution in [0, 0.1) is 11.3 Å². The van der Waals surface area contributed by atoms with Crippen LogP contribution in [0.5, 0.6) is 0 Å². The zero-order valence-corrected chi connectivity index (χ0v) is 23.0. The highest BCUT2D eigenvalue weighted by Gasteiger charge is 2.36. The molecule has 0 aromatic heterocycles. The first-order valence-electron chi connectivity index (χ1n) is 13.6. The molecule has 38 heavy (non-hydrogen) atoms. The number of rotatable bonds is 8. The van der Waals surface area contributed by atoms with Crippen molar-refractivity contribution in [2.45, 2.75) is 64.8 Å². The number of carbonyl (C=O) groups excluding carboxylic acids is 2. The van der Waals surface area contributed by atoms with E-state index in [-0.39, 0.29) is 23.8 Å². The molecule has 1 aliphatic heterocycles. The van der Waals surface area contributed by atoms with Crippen LogP contribution in [0.25, 0.3) is 11.1 Å². The summed E-state index contributed by atoms with van der Waals surface area (Å²) in [7, 11) is 1.46. The van der Waals surface area contributed by atoms with Gasteiger partial charge in [-0.05, 0) is 59.3 Å². The predicted octanol–water partition coefficient (Wildman–Crippen LogP) is 5.78. The van der Waals surface area contributed by atoms with Crippen LogP contribution in [-0.4, -0.2) is 65.7 Å². The van der Waals surface area contributed by atoms with Crippen molar-refractivity contribution < 1.29 is 24.2 Å². The Morgan fingerprint density at radius 2 is 1.55 bits per heavy atom.